The first-order valence-corrected chi connectivity index (χ1v) is 29.0. The molecular formula is C62H108O6. The third kappa shape index (κ3) is 53.8. The highest BCUT2D eigenvalue weighted by atomic mass is 16.6. The molecule has 68 heavy (non-hydrogen) atoms. The van der Waals surface area contributed by atoms with Gasteiger partial charge in [-0.3, -0.25) is 14.4 Å². The molecule has 1 atom stereocenters. The van der Waals surface area contributed by atoms with Gasteiger partial charge in [-0.1, -0.05) is 267 Å². The first-order chi connectivity index (χ1) is 33.5. The summed E-state index contributed by atoms with van der Waals surface area (Å²) >= 11 is 0. The molecule has 1 unspecified atom stereocenters. The maximum atomic E-state index is 12.9. The van der Waals surface area contributed by atoms with E-state index in [-0.39, 0.29) is 31.1 Å². The van der Waals surface area contributed by atoms with Crippen LogP contribution in [0.5, 0.6) is 0 Å². The number of hydrogen-bond acceptors (Lipinski definition) is 6. The van der Waals surface area contributed by atoms with Gasteiger partial charge in [-0.15, -0.1) is 0 Å². The lowest BCUT2D eigenvalue weighted by Crippen LogP contribution is -2.30. The van der Waals surface area contributed by atoms with Crippen LogP contribution >= 0.6 is 0 Å². The Balaban J connectivity index is 4.43. The summed E-state index contributed by atoms with van der Waals surface area (Å²) in [5, 5.41) is 0. The molecule has 0 aliphatic carbocycles. The molecule has 0 fully saturated rings. The Labute approximate surface area is 421 Å². The molecular weight excluding hydrogens is 841 g/mol. The van der Waals surface area contributed by atoms with E-state index in [9.17, 15) is 14.4 Å². The average molecular weight is 950 g/mol. The fourth-order valence-electron chi connectivity index (χ4n) is 8.15. The van der Waals surface area contributed by atoms with Crippen LogP contribution < -0.4 is 0 Å². The number of rotatable bonds is 52. The van der Waals surface area contributed by atoms with Crippen molar-refractivity contribution < 1.29 is 28.6 Å². The molecule has 0 bridgehead atoms. The molecule has 392 valence electrons. The highest BCUT2D eigenvalue weighted by molar-refractivity contribution is 5.71. The molecule has 0 aliphatic rings. The van der Waals surface area contributed by atoms with Crippen LogP contribution in [0.2, 0.25) is 0 Å². The minimum absolute atomic E-state index is 0.0875. The Morgan fingerprint density at radius 1 is 0.294 bits per heavy atom. The van der Waals surface area contributed by atoms with E-state index in [0.717, 1.165) is 89.9 Å². The SMILES string of the molecule is CCCCC\C=C/C=C\C=C/C=C\CCCCCCCC(=O)OCC(COC(=O)CCCCCCCC/C=C\C=C/CCCCC)OC(=O)CCCCCCCCCCCCCCCCCCC. The van der Waals surface area contributed by atoms with E-state index in [2.05, 4.69) is 93.7 Å². The molecule has 0 aromatic heterocycles. The first kappa shape index (κ1) is 64.8. The largest absolute Gasteiger partial charge is 0.462 e. The average Bonchev–Trinajstić information content (AvgIpc) is 3.34. The second kappa shape index (κ2) is 56.4. The van der Waals surface area contributed by atoms with Crippen molar-refractivity contribution in [1.82, 2.24) is 0 Å². The summed E-state index contributed by atoms with van der Waals surface area (Å²) in [6.07, 6.45) is 71.7. The summed E-state index contributed by atoms with van der Waals surface area (Å²) < 4.78 is 16.9. The van der Waals surface area contributed by atoms with Crippen molar-refractivity contribution in [3.05, 3.63) is 72.9 Å². The molecule has 0 aliphatic heterocycles. The third-order valence-corrected chi connectivity index (χ3v) is 12.6. The minimum atomic E-state index is -0.789. The number of allylic oxidation sites excluding steroid dienone is 12. The Bertz CT molecular complexity index is 1270. The van der Waals surface area contributed by atoms with Crippen LogP contribution in [0, 0.1) is 0 Å². The van der Waals surface area contributed by atoms with Crippen molar-refractivity contribution in [2.75, 3.05) is 13.2 Å². The van der Waals surface area contributed by atoms with E-state index in [1.165, 1.54) is 154 Å². The predicted molar refractivity (Wildman–Crippen MR) is 293 cm³/mol. The summed E-state index contributed by atoms with van der Waals surface area (Å²) in [6, 6.07) is 0. The molecule has 6 heteroatoms. The highest BCUT2D eigenvalue weighted by Gasteiger charge is 2.19. The molecule has 0 aromatic rings. The van der Waals surface area contributed by atoms with Gasteiger partial charge in [0.15, 0.2) is 6.10 Å². The Kier molecular flexibility index (Phi) is 53.8. The molecule has 0 amide bonds. The van der Waals surface area contributed by atoms with Gasteiger partial charge in [-0.05, 0) is 70.6 Å². The Morgan fingerprint density at radius 2 is 0.529 bits per heavy atom. The van der Waals surface area contributed by atoms with E-state index in [4.69, 9.17) is 14.2 Å². The van der Waals surface area contributed by atoms with Crippen molar-refractivity contribution in [2.24, 2.45) is 0 Å². The molecule has 0 N–H and O–H groups in total. The molecule has 0 radical (unpaired) electrons. The smallest absolute Gasteiger partial charge is 0.306 e. The van der Waals surface area contributed by atoms with Gasteiger partial charge in [0.2, 0.25) is 0 Å². The second-order valence-electron chi connectivity index (χ2n) is 19.3. The number of carbonyl (C=O) groups excluding carboxylic acids is 3. The summed E-state index contributed by atoms with van der Waals surface area (Å²) in [7, 11) is 0. The van der Waals surface area contributed by atoms with Crippen LogP contribution in [-0.4, -0.2) is 37.2 Å². The van der Waals surface area contributed by atoms with Gasteiger partial charge in [-0.2, -0.15) is 0 Å². The van der Waals surface area contributed by atoms with Gasteiger partial charge in [0, 0.05) is 19.3 Å². The van der Waals surface area contributed by atoms with Crippen LogP contribution in [0.3, 0.4) is 0 Å². The molecule has 0 aromatic carbocycles. The van der Waals surface area contributed by atoms with Gasteiger partial charge < -0.3 is 14.2 Å². The van der Waals surface area contributed by atoms with E-state index >= 15 is 0 Å². The monoisotopic (exact) mass is 949 g/mol. The molecule has 0 rings (SSSR count). The number of hydrogen-bond donors (Lipinski definition) is 0. The second-order valence-corrected chi connectivity index (χ2v) is 19.3. The van der Waals surface area contributed by atoms with Gasteiger partial charge >= 0.3 is 17.9 Å². The quantitative estimate of drug-likeness (QED) is 0.0262. The lowest BCUT2D eigenvalue weighted by Gasteiger charge is -2.18. The van der Waals surface area contributed by atoms with Gasteiger partial charge in [0.25, 0.3) is 0 Å². The van der Waals surface area contributed by atoms with Crippen LogP contribution in [0.1, 0.15) is 284 Å². The molecule has 0 saturated carbocycles. The lowest BCUT2D eigenvalue weighted by molar-refractivity contribution is -0.167. The third-order valence-electron chi connectivity index (χ3n) is 12.6. The van der Waals surface area contributed by atoms with E-state index in [1.54, 1.807) is 0 Å². The van der Waals surface area contributed by atoms with Crippen LogP contribution in [0.25, 0.3) is 0 Å². The molecule has 6 nitrogen and oxygen atoms in total. The standard InChI is InChI=1S/C62H108O6/c1-4-7-10-13-16-19-22-25-28-30-32-34-37-40-43-46-49-52-55-61(64)67-58-59(57-66-60(63)54-51-48-45-42-39-36-33-27-24-21-18-15-12-9-6-3)68-62(65)56-53-50-47-44-41-38-35-31-29-26-23-20-17-14-11-8-5-2/h16,18-19,21-22,24-25,27-28,30,32,34,59H,4-15,17,20,23,26,29,31,33,35-58H2,1-3H3/b19-16-,21-18-,25-22-,27-24-,30-28-,34-32-. The number of esters is 3. The number of carbonyl (C=O) groups is 3. The highest BCUT2D eigenvalue weighted by Crippen LogP contribution is 2.16. The summed E-state index contributed by atoms with van der Waals surface area (Å²) in [4.78, 5) is 38.2. The maximum Gasteiger partial charge on any atom is 0.306 e. The van der Waals surface area contributed by atoms with Crippen molar-refractivity contribution in [2.45, 2.75) is 290 Å². The normalized spacial score (nSPS) is 12.6. The summed E-state index contributed by atoms with van der Waals surface area (Å²) in [5.41, 5.74) is 0. The van der Waals surface area contributed by atoms with Gasteiger partial charge in [0.1, 0.15) is 13.2 Å². The molecule has 0 spiro atoms. The number of ether oxygens (including phenoxy) is 3. The van der Waals surface area contributed by atoms with Crippen molar-refractivity contribution >= 4 is 17.9 Å². The van der Waals surface area contributed by atoms with Gasteiger partial charge in [0.05, 0.1) is 0 Å². The topological polar surface area (TPSA) is 78.9 Å². The van der Waals surface area contributed by atoms with Crippen LogP contribution in [0.15, 0.2) is 72.9 Å². The van der Waals surface area contributed by atoms with Crippen LogP contribution in [-0.2, 0) is 28.6 Å². The van der Waals surface area contributed by atoms with Crippen molar-refractivity contribution in [3.63, 3.8) is 0 Å². The Hall–Kier alpha value is -3.15. The summed E-state index contributed by atoms with van der Waals surface area (Å²) in [5.74, 6) is -0.910. The zero-order valence-electron chi connectivity index (χ0n) is 44.9. The van der Waals surface area contributed by atoms with Crippen molar-refractivity contribution in [3.8, 4) is 0 Å². The first-order valence-electron chi connectivity index (χ1n) is 29.0. The lowest BCUT2D eigenvalue weighted by atomic mass is 10.0. The Morgan fingerprint density at radius 3 is 0.868 bits per heavy atom. The summed E-state index contributed by atoms with van der Waals surface area (Å²) in [6.45, 7) is 6.57. The van der Waals surface area contributed by atoms with Crippen molar-refractivity contribution in [1.29, 1.82) is 0 Å². The zero-order valence-corrected chi connectivity index (χ0v) is 44.9. The molecule has 0 heterocycles. The van der Waals surface area contributed by atoms with E-state index in [1.807, 2.05) is 0 Å². The van der Waals surface area contributed by atoms with E-state index in [0.29, 0.717) is 19.3 Å². The fourth-order valence-corrected chi connectivity index (χ4v) is 8.15. The minimum Gasteiger partial charge on any atom is -0.462 e. The van der Waals surface area contributed by atoms with Gasteiger partial charge in [-0.25, -0.2) is 0 Å². The van der Waals surface area contributed by atoms with E-state index < -0.39 is 6.10 Å². The zero-order chi connectivity index (χ0) is 49.3. The molecule has 0 saturated heterocycles. The number of unbranched alkanes of at least 4 members (excludes halogenated alkanes) is 33. The van der Waals surface area contributed by atoms with Crippen LogP contribution in [0.4, 0.5) is 0 Å². The maximum absolute atomic E-state index is 12.9. The predicted octanol–water partition coefficient (Wildman–Crippen LogP) is 19.4. The fraction of sp³-hybridized carbons (Fsp3) is 0.758.